The molecule has 4 nitrogen and oxygen atoms in total. The Kier molecular flexibility index (Phi) is 6.21. The van der Waals surface area contributed by atoms with Gasteiger partial charge in [-0.3, -0.25) is 9.69 Å². The Morgan fingerprint density at radius 2 is 1.90 bits per heavy atom. The van der Waals surface area contributed by atoms with Gasteiger partial charge < -0.3 is 10.6 Å². The van der Waals surface area contributed by atoms with E-state index in [1.807, 2.05) is 26.0 Å². The number of benzene rings is 1. The van der Waals surface area contributed by atoms with Crippen molar-refractivity contribution in [2.24, 2.45) is 5.92 Å². The van der Waals surface area contributed by atoms with Gasteiger partial charge in [-0.05, 0) is 50.2 Å². The molecule has 1 atom stereocenters. The molecule has 1 aliphatic rings. The van der Waals surface area contributed by atoms with Crippen LogP contribution in [0.5, 0.6) is 0 Å². The summed E-state index contributed by atoms with van der Waals surface area (Å²) in [6.07, 6.45) is 2.63. The molecule has 1 aromatic rings. The lowest BCUT2D eigenvalue weighted by Crippen LogP contribution is -2.30. The van der Waals surface area contributed by atoms with Gasteiger partial charge in [-0.2, -0.15) is 0 Å². The van der Waals surface area contributed by atoms with Gasteiger partial charge in [0.2, 0.25) is 5.91 Å². The van der Waals surface area contributed by atoms with E-state index in [-0.39, 0.29) is 11.8 Å². The molecule has 0 aromatic heterocycles. The van der Waals surface area contributed by atoms with Gasteiger partial charge in [0.05, 0.1) is 0 Å². The summed E-state index contributed by atoms with van der Waals surface area (Å²) in [4.78, 5) is 14.5. The third-order valence-electron chi connectivity index (χ3n) is 3.97. The normalized spacial score (nSPS) is 16.9. The third kappa shape index (κ3) is 5.14. The van der Waals surface area contributed by atoms with Gasteiger partial charge in [0, 0.05) is 24.7 Å². The molecule has 4 heteroatoms. The summed E-state index contributed by atoms with van der Waals surface area (Å²) < 4.78 is 0. The Balaban J connectivity index is 1.82. The highest BCUT2D eigenvalue weighted by atomic mass is 16.1. The van der Waals surface area contributed by atoms with Gasteiger partial charge >= 0.3 is 0 Å². The number of hydrogen-bond acceptors (Lipinski definition) is 3. The van der Waals surface area contributed by atoms with Crippen LogP contribution in [0.4, 0.5) is 5.69 Å². The fraction of sp³-hybridized carbons (Fsp3) is 0.588. The second-order valence-electron chi connectivity index (χ2n) is 5.88. The average Bonchev–Trinajstić information content (AvgIpc) is 2.99. The third-order valence-corrected chi connectivity index (χ3v) is 3.97. The van der Waals surface area contributed by atoms with E-state index < -0.39 is 0 Å². The zero-order valence-electron chi connectivity index (χ0n) is 13.2. The van der Waals surface area contributed by atoms with Crippen LogP contribution in [-0.2, 0) is 11.3 Å². The maximum Gasteiger partial charge on any atom is 0.228 e. The Morgan fingerprint density at radius 1 is 1.24 bits per heavy atom. The van der Waals surface area contributed by atoms with Crippen LogP contribution in [0.2, 0.25) is 0 Å². The molecule has 1 unspecified atom stereocenters. The molecule has 0 bridgehead atoms. The van der Waals surface area contributed by atoms with E-state index in [0.29, 0.717) is 0 Å². The predicted octanol–water partition coefficient (Wildman–Crippen LogP) is 2.47. The summed E-state index contributed by atoms with van der Waals surface area (Å²) in [7, 11) is 0. The first-order valence-electron chi connectivity index (χ1n) is 8.02. The molecule has 116 valence electrons. The summed E-state index contributed by atoms with van der Waals surface area (Å²) in [5, 5.41) is 6.18. The molecule has 1 saturated heterocycles. The van der Waals surface area contributed by atoms with Gasteiger partial charge in [-0.25, -0.2) is 0 Å². The average molecular weight is 289 g/mol. The molecule has 1 aromatic carbocycles. The minimum atomic E-state index is -0.0192. The number of amides is 1. The summed E-state index contributed by atoms with van der Waals surface area (Å²) in [5.74, 6) is 0.0532. The SMILES string of the molecule is CCNCC(C)C(=O)Nc1ccc(CN2CCCC2)cc1. The summed E-state index contributed by atoms with van der Waals surface area (Å²) in [6, 6.07) is 8.23. The standard InChI is InChI=1S/C17H27N3O/c1-3-18-12-14(2)17(21)19-16-8-6-15(7-9-16)13-20-10-4-5-11-20/h6-9,14,18H,3-5,10-13H2,1-2H3,(H,19,21). The van der Waals surface area contributed by atoms with Crippen LogP contribution >= 0.6 is 0 Å². The van der Waals surface area contributed by atoms with E-state index in [1.165, 1.54) is 31.5 Å². The molecule has 21 heavy (non-hydrogen) atoms. The molecule has 1 amide bonds. The number of hydrogen-bond donors (Lipinski definition) is 2. The van der Waals surface area contributed by atoms with Crippen molar-refractivity contribution in [2.75, 3.05) is 31.5 Å². The van der Waals surface area contributed by atoms with Gasteiger partial charge in [0.1, 0.15) is 0 Å². The van der Waals surface area contributed by atoms with E-state index >= 15 is 0 Å². The molecular weight excluding hydrogens is 262 g/mol. The minimum absolute atomic E-state index is 0.0192. The van der Waals surface area contributed by atoms with Crippen LogP contribution in [0.3, 0.4) is 0 Å². The first-order chi connectivity index (χ1) is 10.2. The Hall–Kier alpha value is -1.39. The number of rotatable bonds is 7. The van der Waals surface area contributed by atoms with Crippen LogP contribution in [0.25, 0.3) is 0 Å². The molecule has 1 heterocycles. The van der Waals surface area contributed by atoms with E-state index in [1.54, 1.807) is 0 Å². The Morgan fingerprint density at radius 3 is 2.52 bits per heavy atom. The first-order valence-corrected chi connectivity index (χ1v) is 8.02. The highest BCUT2D eigenvalue weighted by molar-refractivity contribution is 5.92. The summed E-state index contributed by atoms with van der Waals surface area (Å²) in [6.45, 7) is 9.04. The van der Waals surface area contributed by atoms with Crippen LogP contribution in [0, 0.1) is 5.92 Å². The molecule has 0 saturated carbocycles. The zero-order chi connectivity index (χ0) is 15.1. The summed E-state index contributed by atoms with van der Waals surface area (Å²) >= 11 is 0. The van der Waals surface area contributed by atoms with E-state index in [4.69, 9.17) is 0 Å². The number of likely N-dealkylation sites (tertiary alicyclic amines) is 1. The molecular formula is C17H27N3O. The molecule has 2 rings (SSSR count). The minimum Gasteiger partial charge on any atom is -0.326 e. The van der Waals surface area contributed by atoms with Crippen LogP contribution < -0.4 is 10.6 Å². The lowest BCUT2D eigenvalue weighted by atomic mass is 10.1. The second kappa shape index (κ2) is 8.15. The molecule has 0 spiro atoms. The van der Waals surface area contributed by atoms with Gasteiger partial charge in [0.25, 0.3) is 0 Å². The molecule has 1 fully saturated rings. The largest absolute Gasteiger partial charge is 0.326 e. The maximum atomic E-state index is 12.0. The maximum absolute atomic E-state index is 12.0. The van der Waals surface area contributed by atoms with Crippen molar-refractivity contribution in [1.29, 1.82) is 0 Å². The number of nitrogens with zero attached hydrogens (tertiary/aromatic N) is 1. The van der Waals surface area contributed by atoms with Crippen molar-refractivity contribution in [3.05, 3.63) is 29.8 Å². The van der Waals surface area contributed by atoms with E-state index in [2.05, 4.69) is 27.7 Å². The quantitative estimate of drug-likeness (QED) is 0.810. The van der Waals surface area contributed by atoms with Crippen LogP contribution in [0.15, 0.2) is 24.3 Å². The predicted molar refractivity (Wildman–Crippen MR) is 87.3 cm³/mol. The second-order valence-corrected chi connectivity index (χ2v) is 5.88. The highest BCUT2D eigenvalue weighted by Gasteiger charge is 2.13. The van der Waals surface area contributed by atoms with Gasteiger partial charge in [-0.15, -0.1) is 0 Å². The van der Waals surface area contributed by atoms with E-state index in [9.17, 15) is 4.79 Å². The fourth-order valence-electron chi connectivity index (χ4n) is 2.61. The van der Waals surface area contributed by atoms with Crippen LogP contribution in [0.1, 0.15) is 32.3 Å². The lowest BCUT2D eigenvalue weighted by Gasteiger charge is -2.15. The molecule has 0 radical (unpaired) electrons. The van der Waals surface area contributed by atoms with Crippen molar-refractivity contribution >= 4 is 11.6 Å². The van der Waals surface area contributed by atoms with Gasteiger partial charge in [0.15, 0.2) is 0 Å². The number of nitrogens with one attached hydrogen (secondary N) is 2. The topological polar surface area (TPSA) is 44.4 Å². The summed E-state index contributed by atoms with van der Waals surface area (Å²) in [5.41, 5.74) is 2.20. The smallest absolute Gasteiger partial charge is 0.228 e. The number of carbonyl (C=O) groups excluding carboxylic acids is 1. The fourth-order valence-corrected chi connectivity index (χ4v) is 2.61. The van der Waals surface area contributed by atoms with Crippen molar-refractivity contribution in [1.82, 2.24) is 10.2 Å². The molecule has 2 N–H and O–H groups in total. The molecule has 1 aliphatic heterocycles. The van der Waals surface area contributed by atoms with Crippen molar-refractivity contribution in [3.63, 3.8) is 0 Å². The number of carbonyl (C=O) groups is 1. The monoisotopic (exact) mass is 289 g/mol. The van der Waals surface area contributed by atoms with Crippen molar-refractivity contribution in [2.45, 2.75) is 33.2 Å². The van der Waals surface area contributed by atoms with Crippen LogP contribution in [-0.4, -0.2) is 37.0 Å². The molecule has 0 aliphatic carbocycles. The lowest BCUT2D eigenvalue weighted by molar-refractivity contribution is -0.119. The number of anilines is 1. The Bertz CT molecular complexity index is 438. The van der Waals surface area contributed by atoms with Crippen molar-refractivity contribution in [3.8, 4) is 0 Å². The first kappa shape index (κ1) is 16.0. The Labute approximate surface area is 127 Å². The van der Waals surface area contributed by atoms with Crippen molar-refractivity contribution < 1.29 is 4.79 Å². The van der Waals surface area contributed by atoms with E-state index in [0.717, 1.165) is 25.3 Å². The van der Waals surface area contributed by atoms with Gasteiger partial charge in [-0.1, -0.05) is 26.0 Å². The highest BCUT2D eigenvalue weighted by Crippen LogP contribution is 2.15. The zero-order valence-corrected chi connectivity index (χ0v) is 13.2.